The van der Waals surface area contributed by atoms with Crippen molar-refractivity contribution in [1.82, 2.24) is 19.7 Å². The van der Waals surface area contributed by atoms with Crippen LogP contribution in [0.5, 0.6) is 5.88 Å². The SMILES string of the molecule is COc1ccnc(N2CCOC(Cn3cc(C)cn3)C2)n1. The van der Waals surface area contributed by atoms with Crippen molar-refractivity contribution in [3.8, 4) is 5.88 Å². The summed E-state index contributed by atoms with van der Waals surface area (Å²) in [6, 6.07) is 1.74. The third-order valence-corrected chi connectivity index (χ3v) is 3.40. The van der Waals surface area contributed by atoms with E-state index in [0.29, 0.717) is 18.4 Å². The number of aryl methyl sites for hydroxylation is 1. The van der Waals surface area contributed by atoms with Crippen LogP contribution in [0.25, 0.3) is 0 Å². The normalized spacial score (nSPS) is 18.8. The van der Waals surface area contributed by atoms with E-state index in [1.54, 1.807) is 19.4 Å². The molecule has 1 unspecified atom stereocenters. The lowest BCUT2D eigenvalue weighted by Crippen LogP contribution is -2.45. The van der Waals surface area contributed by atoms with Gasteiger partial charge in [-0.15, -0.1) is 0 Å². The molecule has 1 fully saturated rings. The number of anilines is 1. The van der Waals surface area contributed by atoms with Gasteiger partial charge in [0.1, 0.15) is 0 Å². The highest BCUT2D eigenvalue weighted by atomic mass is 16.5. The first-order valence-electron chi connectivity index (χ1n) is 6.97. The molecule has 0 radical (unpaired) electrons. The van der Waals surface area contributed by atoms with Gasteiger partial charge in [0, 0.05) is 31.5 Å². The Kier molecular flexibility index (Phi) is 4.01. The lowest BCUT2D eigenvalue weighted by atomic mass is 10.3. The molecule has 2 aromatic heterocycles. The van der Waals surface area contributed by atoms with E-state index < -0.39 is 0 Å². The molecule has 0 N–H and O–H groups in total. The van der Waals surface area contributed by atoms with Gasteiger partial charge in [-0.25, -0.2) is 4.98 Å². The van der Waals surface area contributed by atoms with Crippen LogP contribution in [0.2, 0.25) is 0 Å². The number of aromatic nitrogens is 4. The molecular weight excluding hydrogens is 270 g/mol. The smallest absolute Gasteiger partial charge is 0.228 e. The number of ether oxygens (including phenoxy) is 2. The molecule has 3 heterocycles. The monoisotopic (exact) mass is 289 g/mol. The second-order valence-electron chi connectivity index (χ2n) is 5.08. The van der Waals surface area contributed by atoms with Gasteiger partial charge in [-0.1, -0.05) is 0 Å². The van der Waals surface area contributed by atoms with Crippen molar-refractivity contribution in [2.45, 2.75) is 19.6 Å². The minimum absolute atomic E-state index is 0.0767. The van der Waals surface area contributed by atoms with Crippen LogP contribution < -0.4 is 9.64 Å². The molecule has 1 aliphatic rings. The summed E-state index contributed by atoms with van der Waals surface area (Å²) in [6.45, 7) is 4.94. The Morgan fingerprint density at radius 3 is 3.14 bits per heavy atom. The molecule has 0 aromatic carbocycles. The predicted molar refractivity (Wildman–Crippen MR) is 77.5 cm³/mol. The summed E-state index contributed by atoms with van der Waals surface area (Å²) < 4.78 is 12.9. The van der Waals surface area contributed by atoms with Crippen LogP contribution in [0.1, 0.15) is 5.56 Å². The van der Waals surface area contributed by atoms with Crippen LogP contribution in [0.4, 0.5) is 5.95 Å². The van der Waals surface area contributed by atoms with Crippen molar-refractivity contribution < 1.29 is 9.47 Å². The molecule has 1 saturated heterocycles. The van der Waals surface area contributed by atoms with E-state index in [0.717, 1.165) is 25.2 Å². The van der Waals surface area contributed by atoms with Crippen molar-refractivity contribution >= 4 is 5.95 Å². The van der Waals surface area contributed by atoms with E-state index >= 15 is 0 Å². The fourth-order valence-electron chi connectivity index (χ4n) is 2.39. The van der Waals surface area contributed by atoms with Gasteiger partial charge in [0.25, 0.3) is 0 Å². The zero-order valence-corrected chi connectivity index (χ0v) is 12.3. The highest BCUT2D eigenvalue weighted by molar-refractivity contribution is 5.32. The molecule has 0 spiro atoms. The molecule has 0 amide bonds. The van der Waals surface area contributed by atoms with E-state index in [1.165, 1.54) is 0 Å². The molecule has 1 atom stereocenters. The van der Waals surface area contributed by atoms with Crippen molar-refractivity contribution in [2.75, 3.05) is 31.7 Å². The van der Waals surface area contributed by atoms with Gasteiger partial charge in [-0.2, -0.15) is 10.1 Å². The summed E-state index contributed by atoms with van der Waals surface area (Å²) in [5.41, 5.74) is 1.15. The van der Waals surface area contributed by atoms with Gasteiger partial charge < -0.3 is 14.4 Å². The zero-order valence-electron chi connectivity index (χ0n) is 12.3. The lowest BCUT2D eigenvalue weighted by molar-refractivity contribution is 0.0268. The van der Waals surface area contributed by atoms with Gasteiger partial charge >= 0.3 is 0 Å². The van der Waals surface area contributed by atoms with Crippen LogP contribution in [0, 0.1) is 6.92 Å². The van der Waals surface area contributed by atoms with Gasteiger partial charge in [0.2, 0.25) is 11.8 Å². The summed E-state index contributed by atoms with van der Waals surface area (Å²) in [6.07, 6.45) is 5.66. The van der Waals surface area contributed by atoms with E-state index in [-0.39, 0.29) is 6.10 Å². The quantitative estimate of drug-likeness (QED) is 0.833. The van der Waals surface area contributed by atoms with Gasteiger partial charge in [0.05, 0.1) is 32.6 Å². The largest absolute Gasteiger partial charge is 0.481 e. The molecule has 0 aliphatic carbocycles. The minimum Gasteiger partial charge on any atom is -0.481 e. The third-order valence-electron chi connectivity index (χ3n) is 3.40. The van der Waals surface area contributed by atoms with Crippen LogP contribution in [-0.4, -0.2) is 52.7 Å². The van der Waals surface area contributed by atoms with Crippen molar-refractivity contribution in [3.05, 3.63) is 30.2 Å². The maximum Gasteiger partial charge on any atom is 0.228 e. The average Bonchev–Trinajstić information content (AvgIpc) is 2.93. The fraction of sp³-hybridized carbons (Fsp3) is 0.500. The molecule has 0 bridgehead atoms. The molecule has 112 valence electrons. The van der Waals surface area contributed by atoms with Gasteiger partial charge in [0.15, 0.2) is 0 Å². The summed E-state index contributed by atoms with van der Waals surface area (Å²) in [5.74, 6) is 1.25. The predicted octanol–water partition coefficient (Wildman–Crippen LogP) is 0.896. The first kappa shape index (κ1) is 13.8. The Balaban J connectivity index is 1.67. The maximum atomic E-state index is 5.81. The first-order valence-corrected chi connectivity index (χ1v) is 6.97. The highest BCUT2D eigenvalue weighted by Gasteiger charge is 2.23. The second-order valence-corrected chi connectivity index (χ2v) is 5.08. The first-order chi connectivity index (χ1) is 10.2. The fourth-order valence-corrected chi connectivity index (χ4v) is 2.39. The molecule has 2 aromatic rings. The number of rotatable bonds is 4. The number of hydrogen-bond acceptors (Lipinski definition) is 6. The van der Waals surface area contributed by atoms with Crippen LogP contribution in [0.15, 0.2) is 24.7 Å². The molecule has 1 aliphatic heterocycles. The summed E-state index contributed by atoms with van der Waals surface area (Å²) in [5, 5.41) is 4.30. The number of nitrogens with zero attached hydrogens (tertiary/aromatic N) is 5. The third kappa shape index (κ3) is 3.30. The van der Waals surface area contributed by atoms with Crippen LogP contribution in [-0.2, 0) is 11.3 Å². The number of hydrogen-bond donors (Lipinski definition) is 0. The van der Waals surface area contributed by atoms with Crippen molar-refractivity contribution in [1.29, 1.82) is 0 Å². The Bertz CT molecular complexity index is 601. The lowest BCUT2D eigenvalue weighted by Gasteiger charge is -2.32. The van der Waals surface area contributed by atoms with Crippen LogP contribution >= 0.6 is 0 Å². The van der Waals surface area contributed by atoms with Gasteiger partial charge in [-0.3, -0.25) is 4.68 Å². The molecule has 7 nitrogen and oxygen atoms in total. The zero-order chi connectivity index (χ0) is 14.7. The second kappa shape index (κ2) is 6.09. The Hall–Kier alpha value is -2.15. The Morgan fingerprint density at radius 2 is 2.38 bits per heavy atom. The van der Waals surface area contributed by atoms with Crippen molar-refractivity contribution in [3.63, 3.8) is 0 Å². The summed E-state index contributed by atoms with van der Waals surface area (Å²) >= 11 is 0. The highest BCUT2D eigenvalue weighted by Crippen LogP contribution is 2.16. The molecule has 7 heteroatoms. The number of methoxy groups -OCH3 is 1. The maximum absolute atomic E-state index is 5.81. The average molecular weight is 289 g/mol. The molecular formula is C14H19N5O2. The number of morpholine rings is 1. The van der Waals surface area contributed by atoms with Crippen LogP contribution in [0.3, 0.4) is 0 Å². The Labute approximate surface area is 123 Å². The standard InChI is InChI=1S/C14H19N5O2/c1-11-7-16-19(8-11)10-12-9-18(5-6-21-12)14-15-4-3-13(17-14)20-2/h3-4,7-8,12H,5-6,9-10H2,1-2H3. The Morgan fingerprint density at radius 1 is 1.48 bits per heavy atom. The van der Waals surface area contributed by atoms with Crippen molar-refractivity contribution in [2.24, 2.45) is 0 Å². The minimum atomic E-state index is 0.0767. The molecule has 0 saturated carbocycles. The topological polar surface area (TPSA) is 65.3 Å². The van der Waals surface area contributed by atoms with E-state index in [1.807, 2.05) is 24.0 Å². The molecule has 3 rings (SSSR count). The molecule has 21 heavy (non-hydrogen) atoms. The summed E-state index contributed by atoms with van der Waals surface area (Å²) in [7, 11) is 1.61. The van der Waals surface area contributed by atoms with E-state index in [9.17, 15) is 0 Å². The van der Waals surface area contributed by atoms with E-state index in [4.69, 9.17) is 9.47 Å². The van der Waals surface area contributed by atoms with Gasteiger partial charge in [-0.05, 0) is 12.5 Å². The summed E-state index contributed by atoms with van der Waals surface area (Å²) in [4.78, 5) is 10.8. The van der Waals surface area contributed by atoms with E-state index in [2.05, 4.69) is 20.0 Å².